The standard InChI is InChI=1S/C16H20N2O5/c1-2-23-16(20)13-7-9-17(10-8-13)11-15(19)12-3-5-14(6-4-12)18(21)22/h3-7,15,19H,2,8-11H2,1H3. The number of non-ortho nitro benzene ring substituents is 1. The van der Waals surface area contributed by atoms with Crippen molar-refractivity contribution in [1.29, 1.82) is 0 Å². The van der Waals surface area contributed by atoms with Crippen molar-refractivity contribution in [2.45, 2.75) is 19.4 Å². The molecule has 0 amide bonds. The summed E-state index contributed by atoms with van der Waals surface area (Å²) in [6, 6.07) is 5.89. The van der Waals surface area contributed by atoms with E-state index < -0.39 is 11.0 Å². The lowest BCUT2D eigenvalue weighted by Crippen LogP contribution is -2.34. The minimum atomic E-state index is -0.728. The van der Waals surface area contributed by atoms with Crippen LogP contribution in [0.4, 0.5) is 5.69 Å². The molecule has 0 radical (unpaired) electrons. The molecule has 2 rings (SSSR count). The summed E-state index contributed by atoms with van der Waals surface area (Å²) in [6.45, 7) is 3.77. The number of rotatable bonds is 6. The van der Waals surface area contributed by atoms with E-state index in [1.165, 1.54) is 12.1 Å². The number of hydrogen-bond donors (Lipinski definition) is 1. The van der Waals surface area contributed by atoms with Gasteiger partial charge in [-0.05, 0) is 31.0 Å². The van der Waals surface area contributed by atoms with Gasteiger partial charge in [0.05, 0.1) is 17.6 Å². The number of nitro groups is 1. The number of β-amino-alcohol motifs (C(OH)–C–C–N with tert-alkyl or cyclic N) is 1. The summed E-state index contributed by atoms with van der Waals surface area (Å²) in [7, 11) is 0. The molecule has 7 nitrogen and oxygen atoms in total. The number of ether oxygens (including phenoxy) is 1. The van der Waals surface area contributed by atoms with E-state index in [1.54, 1.807) is 19.1 Å². The van der Waals surface area contributed by atoms with Gasteiger partial charge in [0, 0.05) is 37.3 Å². The van der Waals surface area contributed by atoms with Crippen LogP contribution in [0.2, 0.25) is 0 Å². The van der Waals surface area contributed by atoms with E-state index in [0.717, 1.165) is 0 Å². The fraction of sp³-hybridized carbons (Fsp3) is 0.438. The molecule has 0 aliphatic carbocycles. The Kier molecular flexibility index (Phi) is 5.84. The molecule has 7 heteroatoms. The van der Waals surface area contributed by atoms with Crippen molar-refractivity contribution >= 4 is 11.7 Å². The fourth-order valence-electron chi connectivity index (χ4n) is 2.45. The Bertz CT molecular complexity index is 597. The summed E-state index contributed by atoms with van der Waals surface area (Å²) < 4.78 is 4.97. The second-order valence-corrected chi connectivity index (χ2v) is 5.32. The van der Waals surface area contributed by atoms with Gasteiger partial charge in [0.15, 0.2) is 0 Å². The third-order valence-electron chi connectivity index (χ3n) is 3.75. The molecule has 1 heterocycles. The average Bonchev–Trinajstić information content (AvgIpc) is 2.55. The Morgan fingerprint density at radius 3 is 2.65 bits per heavy atom. The Labute approximate surface area is 134 Å². The molecule has 1 aliphatic heterocycles. The first-order chi connectivity index (χ1) is 11.0. The van der Waals surface area contributed by atoms with Gasteiger partial charge < -0.3 is 9.84 Å². The maximum absolute atomic E-state index is 11.6. The summed E-state index contributed by atoms with van der Waals surface area (Å²) in [5.74, 6) is -0.275. The smallest absolute Gasteiger partial charge is 0.333 e. The number of carbonyl (C=O) groups excluding carboxylic acids is 1. The van der Waals surface area contributed by atoms with Crippen LogP contribution in [0.1, 0.15) is 25.0 Å². The zero-order valence-electron chi connectivity index (χ0n) is 13.0. The Morgan fingerprint density at radius 2 is 2.13 bits per heavy atom. The number of nitro benzene ring substituents is 1. The number of carbonyl (C=O) groups is 1. The third-order valence-corrected chi connectivity index (χ3v) is 3.75. The predicted molar refractivity (Wildman–Crippen MR) is 83.8 cm³/mol. The van der Waals surface area contributed by atoms with Crippen LogP contribution in [-0.4, -0.2) is 47.1 Å². The quantitative estimate of drug-likeness (QED) is 0.488. The molecular formula is C16H20N2O5. The molecule has 1 atom stereocenters. The SMILES string of the molecule is CCOC(=O)C1=CCN(CC(O)c2ccc([N+](=O)[O-])cc2)CC1. The summed E-state index contributed by atoms with van der Waals surface area (Å²) in [6.07, 6.45) is 1.68. The molecular weight excluding hydrogens is 300 g/mol. The molecule has 0 spiro atoms. The van der Waals surface area contributed by atoms with Crippen molar-refractivity contribution in [3.05, 3.63) is 51.6 Å². The van der Waals surface area contributed by atoms with E-state index in [1.807, 2.05) is 11.0 Å². The van der Waals surface area contributed by atoms with Crippen molar-refractivity contribution in [2.24, 2.45) is 0 Å². The van der Waals surface area contributed by atoms with E-state index in [4.69, 9.17) is 4.74 Å². The maximum atomic E-state index is 11.6. The first-order valence-electron chi connectivity index (χ1n) is 7.52. The lowest BCUT2D eigenvalue weighted by atomic mass is 10.1. The second kappa shape index (κ2) is 7.85. The molecule has 1 aromatic carbocycles. The third kappa shape index (κ3) is 4.61. The first kappa shape index (κ1) is 17.1. The van der Waals surface area contributed by atoms with Gasteiger partial charge >= 0.3 is 5.97 Å². The van der Waals surface area contributed by atoms with Gasteiger partial charge in [-0.2, -0.15) is 0 Å². The molecule has 0 saturated carbocycles. The molecule has 1 aromatic rings. The fourth-order valence-corrected chi connectivity index (χ4v) is 2.45. The van der Waals surface area contributed by atoms with Gasteiger partial charge in [-0.1, -0.05) is 6.08 Å². The van der Waals surface area contributed by atoms with E-state index in [2.05, 4.69) is 0 Å². The van der Waals surface area contributed by atoms with Crippen molar-refractivity contribution in [3.63, 3.8) is 0 Å². The number of esters is 1. The van der Waals surface area contributed by atoms with E-state index in [9.17, 15) is 20.0 Å². The first-order valence-corrected chi connectivity index (χ1v) is 7.52. The summed E-state index contributed by atoms with van der Waals surface area (Å²) in [5.41, 5.74) is 1.31. The number of aliphatic hydroxyl groups excluding tert-OH is 1. The Morgan fingerprint density at radius 1 is 1.43 bits per heavy atom. The highest BCUT2D eigenvalue weighted by atomic mass is 16.6. The van der Waals surface area contributed by atoms with Gasteiger partial charge in [-0.25, -0.2) is 4.79 Å². The summed E-state index contributed by atoms with van der Waals surface area (Å²) >= 11 is 0. The number of aliphatic hydroxyl groups is 1. The Balaban J connectivity index is 1.90. The maximum Gasteiger partial charge on any atom is 0.333 e. The zero-order chi connectivity index (χ0) is 16.8. The number of nitrogens with zero attached hydrogens (tertiary/aromatic N) is 2. The van der Waals surface area contributed by atoms with Gasteiger partial charge in [0.1, 0.15) is 0 Å². The van der Waals surface area contributed by atoms with Crippen LogP contribution in [0, 0.1) is 10.1 Å². The molecule has 1 aliphatic rings. The highest BCUT2D eigenvalue weighted by Crippen LogP contribution is 2.20. The molecule has 0 fully saturated rings. The van der Waals surface area contributed by atoms with E-state index in [-0.39, 0.29) is 11.7 Å². The lowest BCUT2D eigenvalue weighted by Gasteiger charge is -2.27. The molecule has 124 valence electrons. The van der Waals surface area contributed by atoms with Crippen molar-refractivity contribution < 1.29 is 19.6 Å². The van der Waals surface area contributed by atoms with Crippen LogP contribution in [0.3, 0.4) is 0 Å². The van der Waals surface area contributed by atoms with Crippen LogP contribution in [-0.2, 0) is 9.53 Å². The van der Waals surface area contributed by atoms with Crippen molar-refractivity contribution in [1.82, 2.24) is 4.90 Å². The minimum absolute atomic E-state index is 0.000865. The second-order valence-electron chi connectivity index (χ2n) is 5.32. The highest BCUT2D eigenvalue weighted by molar-refractivity contribution is 5.88. The predicted octanol–water partition coefficient (Wildman–Crippen LogP) is 1.82. The van der Waals surface area contributed by atoms with Gasteiger partial charge in [0.25, 0.3) is 5.69 Å². The zero-order valence-corrected chi connectivity index (χ0v) is 13.0. The van der Waals surface area contributed by atoms with E-state index >= 15 is 0 Å². The Hall–Kier alpha value is -2.25. The monoisotopic (exact) mass is 320 g/mol. The number of hydrogen-bond acceptors (Lipinski definition) is 6. The minimum Gasteiger partial charge on any atom is -0.463 e. The van der Waals surface area contributed by atoms with Crippen LogP contribution in [0.15, 0.2) is 35.9 Å². The molecule has 0 saturated heterocycles. The van der Waals surface area contributed by atoms with Crippen LogP contribution in [0.5, 0.6) is 0 Å². The van der Waals surface area contributed by atoms with Crippen LogP contribution < -0.4 is 0 Å². The average molecular weight is 320 g/mol. The van der Waals surface area contributed by atoms with Crippen molar-refractivity contribution in [2.75, 3.05) is 26.2 Å². The summed E-state index contributed by atoms with van der Waals surface area (Å²) in [5, 5.41) is 20.9. The molecule has 1 N–H and O–H groups in total. The largest absolute Gasteiger partial charge is 0.463 e. The lowest BCUT2D eigenvalue weighted by molar-refractivity contribution is -0.384. The van der Waals surface area contributed by atoms with Crippen molar-refractivity contribution in [3.8, 4) is 0 Å². The topological polar surface area (TPSA) is 92.9 Å². The van der Waals surface area contributed by atoms with Crippen LogP contribution >= 0.6 is 0 Å². The molecule has 1 unspecified atom stereocenters. The van der Waals surface area contributed by atoms with Gasteiger partial charge in [0.2, 0.25) is 0 Å². The molecule has 0 aromatic heterocycles. The van der Waals surface area contributed by atoms with Crippen LogP contribution in [0.25, 0.3) is 0 Å². The van der Waals surface area contributed by atoms with E-state index in [0.29, 0.717) is 43.8 Å². The van der Waals surface area contributed by atoms with Gasteiger partial charge in [-0.3, -0.25) is 15.0 Å². The molecule has 0 bridgehead atoms. The van der Waals surface area contributed by atoms with Gasteiger partial charge in [-0.15, -0.1) is 0 Å². The highest BCUT2D eigenvalue weighted by Gasteiger charge is 2.20. The normalized spacial score (nSPS) is 16.5. The number of benzene rings is 1. The summed E-state index contributed by atoms with van der Waals surface area (Å²) in [4.78, 5) is 23.8. The molecule has 23 heavy (non-hydrogen) atoms.